The first-order chi connectivity index (χ1) is 19.5. The summed E-state index contributed by atoms with van der Waals surface area (Å²) in [6.07, 6.45) is 15.3. The van der Waals surface area contributed by atoms with Gasteiger partial charge in [-0.15, -0.1) is 0 Å². The zero-order valence-electron chi connectivity index (χ0n) is 23.9. The average Bonchev–Trinajstić information content (AvgIpc) is 3.58. The number of nitrogens with zero attached hydrogens (tertiary/aromatic N) is 1. The van der Waals surface area contributed by atoms with Gasteiger partial charge in [-0.2, -0.15) is 0 Å². The van der Waals surface area contributed by atoms with Gasteiger partial charge in [-0.05, 0) is 123 Å². The van der Waals surface area contributed by atoms with Crippen LogP contribution in [0.3, 0.4) is 0 Å². The number of phenolic OH excluding ortho intramolecular Hbond substituents is 1. The van der Waals surface area contributed by atoms with Crippen molar-refractivity contribution in [2.45, 2.75) is 82.1 Å². The molecule has 40 heavy (non-hydrogen) atoms. The summed E-state index contributed by atoms with van der Waals surface area (Å²) >= 11 is 6.71. The number of hydrogen-bond donors (Lipinski definition) is 1. The number of phenols is 1. The number of benzene rings is 2. The van der Waals surface area contributed by atoms with Crippen molar-refractivity contribution in [3.8, 4) is 11.5 Å². The predicted octanol–water partition coefficient (Wildman–Crippen LogP) is 7.88. The molecule has 5 aliphatic rings. The van der Waals surface area contributed by atoms with Gasteiger partial charge in [0, 0.05) is 12.0 Å². The lowest BCUT2D eigenvalue weighted by molar-refractivity contribution is -0.101. The van der Waals surface area contributed by atoms with Crippen molar-refractivity contribution in [1.29, 1.82) is 0 Å². The molecule has 2 aromatic rings. The van der Waals surface area contributed by atoms with E-state index in [9.17, 15) is 5.11 Å². The molecule has 0 amide bonds. The summed E-state index contributed by atoms with van der Waals surface area (Å²) in [5.41, 5.74) is 3.87. The van der Waals surface area contributed by atoms with Gasteiger partial charge in [0.1, 0.15) is 11.5 Å². The van der Waals surface area contributed by atoms with E-state index in [1.807, 2.05) is 6.07 Å². The Morgan fingerprint density at radius 3 is 2.67 bits per heavy atom. The van der Waals surface area contributed by atoms with E-state index in [4.69, 9.17) is 21.1 Å². The van der Waals surface area contributed by atoms with Gasteiger partial charge in [-0.1, -0.05) is 55.3 Å². The van der Waals surface area contributed by atoms with Crippen LogP contribution in [0.25, 0.3) is 0 Å². The minimum Gasteiger partial charge on any atom is -0.506 e. The Kier molecular flexibility index (Phi) is 7.17. The van der Waals surface area contributed by atoms with E-state index in [0.29, 0.717) is 28.7 Å². The molecule has 1 N–H and O–H groups in total. The minimum absolute atomic E-state index is 0.105. The lowest BCUT2D eigenvalue weighted by Gasteiger charge is -2.56. The highest BCUT2D eigenvalue weighted by molar-refractivity contribution is 6.32. The number of aromatic hydroxyl groups is 1. The standard InChI is InChI=1S/C35H44ClNO3/c1-34-23-29(24-7-9-25(10-8-24)39-21-6-20-37-18-3-2-4-19-37)32-26-13-14-31(38)33(36)27(26)11-12-28(32)30(34)15-17-35(34)16-5-22-40-35/h5,7-10,13-14,16,28-30,32,38H,2-4,6,11-12,15,17-23H2,1H3/t28-,29+,30-,32+,34-,35-/m0/s1. The van der Waals surface area contributed by atoms with Crippen molar-refractivity contribution < 1.29 is 14.6 Å². The van der Waals surface area contributed by atoms with Crippen molar-refractivity contribution in [2.75, 3.05) is 32.8 Å². The van der Waals surface area contributed by atoms with E-state index in [1.165, 1.54) is 49.9 Å². The molecule has 0 radical (unpaired) electrons. The number of ether oxygens (including phenoxy) is 2. The van der Waals surface area contributed by atoms with Gasteiger partial charge in [0.2, 0.25) is 0 Å². The number of fused-ring (bicyclic) bond motifs is 6. The predicted molar refractivity (Wildman–Crippen MR) is 161 cm³/mol. The van der Waals surface area contributed by atoms with Crippen LogP contribution >= 0.6 is 11.6 Å². The summed E-state index contributed by atoms with van der Waals surface area (Å²) in [5.74, 6) is 3.15. The fourth-order valence-corrected chi connectivity index (χ4v) is 9.82. The summed E-state index contributed by atoms with van der Waals surface area (Å²) < 4.78 is 12.8. The van der Waals surface area contributed by atoms with Crippen LogP contribution in [0.5, 0.6) is 11.5 Å². The molecule has 2 heterocycles. The average molecular weight is 562 g/mol. The molecule has 2 saturated carbocycles. The maximum Gasteiger partial charge on any atom is 0.134 e. The van der Waals surface area contributed by atoms with E-state index in [2.05, 4.69) is 54.3 Å². The van der Waals surface area contributed by atoms with Crippen LogP contribution < -0.4 is 4.74 Å². The second-order valence-corrected chi connectivity index (χ2v) is 13.7. The van der Waals surface area contributed by atoms with Crippen LogP contribution in [0.4, 0.5) is 0 Å². The van der Waals surface area contributed by atoms with Gasteiger partial charge in [0.25, 0.3) is 0 Å². The number of hydrogen-bond acceptors (Lipinski definition) is 4. The molecule has 0 bridgehead atoms. The Labute approximate surface area is 244 Å². The second kappa shape index (κ2) is 10.7. The number of halogens is 1. The van der Waals surface area contributed by atoms with Crippen molar-refractivity contribution >= 4 is 11.6 Å². The highest BCUT2D eigenvalue weighted by atomic mass is 35.5. The Hall–Kier alpha value is -2.01. The minimum atomic E-state index is -0.134. The molecule has 214 valence electrons. The quantitative estimate of drug-likeness (QED) is 0.288. The monoisotopic (exact) mass is 561 g/mol. The first kappa shape index (κ1) is 26.9. The molecule has 4 nitrogen and oxygen atoms in total. The SMILES string of the molecule is C[C@]12C[C@H](c3ccc(OCCCN4CCCCC4)cc3)[C@@H]3c4ccc(O)c(Cl)c4CC[C@H]3[C@@H]1CC[C@@]21C=CCO1. The van der Waals surface area contributed by atoms with Crippen LogP contribution in [-0.2, 0) is 11.2 Å². The summed E-state index contributed by atoms with van der Waals surface area (Å²) in [4.78, 5) is 2.58. The summed E-state index contributed by atoms with van der Waals surface area (Å²) in [7, 11) is 0. The van der Waals surface area contributed by atoms with E-state index in [-0.39, 0.29) is 16.8 Å². The highest BCUT2D eigenvalue weighted by Crippen LogP contribution is 2.69. The molecule has 0 aromatic heterocycles. The first-order valence-corrected chi connectivity index (χ1v) is 16.1. The summed E-state index contributed by atoms with van der Waals surface area (Å²) in [6.45, 7) is 7.65. The molecule has 6 atom stereocenters. The van der Waals surface area contributed by atoms with Gasteiger partial charge < -0.3 is 19.5 Å². The third-order valence-electron chi connectivity index (χ3n) is 11.5. The van der Waals surface area contributed by atoms with Gasteiger partial charge in [-0.25, -0.2) is 0 Å². The Morgan fingerprint density at radius 1 is 1.07 bits per heavy atom. The summed E-state index contributed by atoms with van der Waals surface area (Å²) in [5, 5.41) is 11.0. The van der Waals surface area contributed by atoms with Gasteiger partial charge in [0.05, 0.1) is 23.8 Å². The second-order valence-electron chi connectivity index (χ2n) is 13.3. The molecule has 3 fully saturated rings. The van der Waals surface area contributed by atoms with Crippen LogP contribution in [0.15, 0.2) is 48.6 Å². The molecule has 1 saturated heterocycles. The zero-order valence-corrected chi connectivity index (χ0v) is 24.7. The highest BCUT2D eigenvalue weighted by Gasteiger charge is 2.64. The lowest BCUT2D eigenvalue weighted by Crippen LogP contribution is -2.52. The van der Waals surface area contributed by atoms with E-state index in [1.54, 1.807) is 0 Å². The number of piperidine rings is 1. The Bertz CT molecular complexity index is 1250. The zero-order chi connectivity index (χ0) is 27.3. The van der Waals surface area contributed by atoms with Crippen LogP contribution in [-0.4, -0.2) is 48.5 Å². The van der Waals surface area contributed by atoms with Gasteiger partial charge in [0.15, 0.2) is 0 Å². The van der Waals surface area contributed by atoms with Crippen LogP contribution in [0.1, 0.15) is 86.8 Å². The molecule has 7 rings (SSSR count). The van der Waals surface area contributed by atoms with E-state index >= 15 is 0 Å². The van der Waals surface area contributed by atoms with Crippen molar-refractivity contribution in [1.82, 2.24) is 4.90 Å². The van der Waals surface area contributed by atoms with E-state index in [0.717, 1.165) is 63.2 Å². The van der Waals surface area contributed by atoms with Crippen molar-refractivity contribution in [3.63, 3.8) is 0 Å². The fourth-order valence-electron chi connectivity index (χ4n) is 9.55. The molecule has 2 aromatic carbocycles. The third-order valence-corrected chi connectivity index (χ3v) is 11.9. The maximum atomic E-state index is 10.4. The molecule has 0 unspecified atom stereocenters. The van der Waals surface area contributed by atoms with Gasteiger partial charge in [-0.3, -0.25) is 0 Å². The molecular formula is C35H44ClNO3. The Morgan fingerprint density at radius 2 is 1.90 bits per heavy atom. The van der Waals surface area contributed by atoms with Crippen molar-refractivity contribution in [2.24, 2.45) is 17.3 Å². The maximum absolute atomic E-state index is 10.4. The largest absolute Gasteiger partial charge is 0.506 e. The fraction of sp³-hybridized carbons (Fsp3) is 0.600. The molecule has 5 heteroatoms. The molecule has 2 aliphatic heterocycles. The van der Waals surface area contributed by atoms with Crippen LogP contribution in [0.2, 0.25) is 5.02 Å². The third kappa shape index (κ3) is 4.41. The molecule has 1 spiro atoms. The van der Waals surface area contributed by atoms with Crippen LogP contribution in [0, 0.1) is 17.3 Å². The number of rotatable bonds is 6. The Balaban J connectivity index is 1.15. The summed E-state index contributed by atoms with van der Waals surface area (Å²) in [6, 6.07) is 13.0. The first-order valence-electron chi connectivity index (χ1n) is 15.8. The smallest absolute Gasteiger partial charge is 0.134 e. The topological polar surface area (TPSA) is 41.9 Å². The van der Waals surface area contributed by atoms with Gasteiger partial charge >= 0.3 is 0 Å². The lowest BCUT2D eigenvalue weighted by atomic mass is 9.49. The van der Waals surface area contributed by atoms with E-state index < -0.39 is 0 Å². The normalized spacial score (nSPS) is 35.0. The number of likely N-dealkylation sites (tertiary alicyclic amines) is 1. The van der Waals surface area contributed by atoms with Crippen molar-refractivity contribution in [3.05, 3.63) is 70.3 Å². The molecular weight excluding hydrogens is 518 g/mol. The molecule has 3 aliphatic carbocycles.